The Morgan fingerprint density at radius 2 is 1.82 bits per heavy atom. The van der Waals surface area contributed by atoms with Crippen molar-refractivity contribution in [1.29, 1.82) is 0 Å². The molecule has 1 heterocycles. The zero-order valence-electron chi connectivity index (χ0n) is 22.0. The van der Waals surface area contributed by atoms with E-state index in [0.717, 1.165) is 5.56 Å². The van der Waals surface area contributed by atoms with Crippen molar-refractivity contribution in [1.82, 2.24) is 14.5 Å². The van der Waals surface area contributed by atoms with E-state index in [0.29, 0.717) is 40.4 Å². The van der Waals surface area contributed by atoms with Gasteiger partial charge in [-0.15, -0.1) is 0 Å². The average molecular weight is 567 g/mol. The quantitative estimate of drug-likeness (QED) is 0.166. The summed E-state index contributed by atoms with van der Waals surface area (Å²) in [6.45, 7) is 8.08. The molecule has 1 atom stereocenters. The van der Waals surface area contributed by atoms with E-state index in [-0.39, 0.29) is 27.8 Å². The predicted molar refractivity (Wildman–Crippen MR) is 154 cm³/mol. The Morgan fingerprint density at radius 1 is 1.10 bits per heavy atom. The molecular formula is C29H28Cl2N4O4. The number of halogens is 2. The third-order valence-corrected chi connectivity index (χ3v) is 7.03. The van der Waals surface area contributed by atoms with Gasteiger partial charge in [-0.3, -0.25) is 24.3 Å². The van der Waals surface area contributed by atoms with Gasteiger partial charge in [-0.05, 0) is 61.2 Å². The highest BCUT2D eigenvalue weighted by Crippen LogP contribution is 2.32. The number of rotatable bonds is 8. The molecule has 0 N–H and O–H groups in total. The van der Waals surface area contributed by atoms with E-state index >= 15 is 0 Å². The molecule has 0 saturated carbocycles. The number of hydrogen-bond acceptors (Lipinski definition) is 5. The fourth-order valence-electron chi connectivity index (χ4n) is 4.71. The maximum absolute atomic E-state index is 14.0. The van der Waals surface area contributed by atoms with E-state index in [2.05, 4.69) is 0 Å². The molecule has 0 aliphatic heterocycles. The number of carbonyl (C=O) groups is 1. The van der Waals surface area contributed by atoms with Gasteiger partial charge in [0, 0.05) is 23.7 Å². The van der Waals surface area contributed by atoms with Crippen molar-refractivity contribution in [3.8, 4) is 5.69 Å². The highest BCUT2D eigenvalue weighted by Gasteiger charge is 2.32. The summed E-state index contributed by atoms with van der Waals surface area (Å²) < 4.78 is 1.56. The van der Waals surface area contributed by atoms with Crippen LogP contribution in [0.2, 0.25) is 10.0 Å². The zero-order valence-corrected chi connectivity index (χ0v) is 23.5. The molecule has 0 radical (unpaired) electrons. The second kappa shape index (κ2) is 11.6. The number of para-hydroxylation sites is 1. The Kier molecular flexibility index (Phi) is 8.37. The molecule has 0 aliphatic carbocycles. The lowest BCUT2D eigenvalue weighted by atomic mass is 10.0. The number of benzene rings is 3. The van der Waals surface area contributed by atoms with E-state index in [1.807, 2.05) is 33.8 Å². The largest absolute Gasteiger partial charge is 0.328 e. The van der Waals surface area contributed by atoms with Crippen LogP contribution in [0.5, 0.6) is 0 Å². The molecular weight excluding hydrogens is 539 g/mol. The highest BCUT2D eigenvalue weighted by atomic mass is 35.5. The molecule has 1 aromatic heterocycles. The molecule has 1 amide bonds. The van der Waals surface area contributed by atoms with Crippen LogP contribution in [-0.4, -0.2) is 31.8 Å². The monoisotopic (exact) mass is 566 g/mol. The lowest BCUT2D eigenvalue weighted by Gasteiger charge is -2.34. The fraction of sp³-hybridized carbons (Fsp3) is 0.276. The van der Waals surface area contributed by atoms with Crippen LogP contribution in [0.15, 0.2) is 65.5 Å². The number of nitro benzene ring substituents is 1. The van der Waals surface area contributed by atoms with Gasteiger partial charge in [0.25, 0.3) is 17.2 Å². The van der Waals surface area contributed by atoms with Crippen molar-refractivity contribution in [3.63, 3.8) is 0 Å². The van der Waals surface area contributed by atoms with E-state index < -0.39 is 16.9 Å². The van der Waals surface area contributed by atoms with Gasteiger partial charge in [-0.2, -0.15) is 0 Å². The lowest BCUT2D eigenvalue weighted by molar-refractivity contribution is -0.384. The zero-order chi connectivity index (χ0) is 28.4. The third-order valence-electron chi connectivity index (χ3n) is 6.48. The van der Waals surface area contributed by atoms with E-state index in [9.17, 15) is 19.7 Å². The van der Waals surface area contributed by atoms with E-state index in [1.165, 1.54) is 18.2 Å². The van der Waals surface area contributed by atoms with Gasteiger partial charge in [0.1, 0.15) is 5.82 Å². The maximum atomic E-state index is 14.0. The maximum Gasteiger partial charge on any atom is 0.270 e. The molecule has 3 aromatic carbocycles. The first-order valence-corrected chi connectivity index (χ1v) is 13.3. The first-order valence-electron chi connectivity index (χ1n) is 12.6. The van der Waals surface area contributed by atoms with Crippen molar-refractivity contribution < 1.29 is 9.72 Å². The Hall–Kier alpha value is -3.75. The molecule has 4 aromatic rings. The van der Waals surface area contributed by atoms with Crippen molar-refractivity contribution >= 4 is 45.7 Å². The van der Waals surface area contributed by atoms with Crippen LogP contribution >= 0.6 is 23.2 Å². The number of fused-ring (bicyclic) bond motifs is 1. The van der Waals surface area contributed by atoms with Crippen molar-refractivity contribution in [3.05, 3.63) is 108 Å². The third kappa shape index (κ3) is 5.67. The predicted octanol–water partition coefficient (Wildman–Crippen LogP) is 7.16. The molecule has 0 fully saturated rings. The molecule has 4 rings (SSSR count). The van der Waals surface area contributed by atoms with Gasteiger partial charge in [-0.25, -0.2) is 4.98 Å². The average Bonchev–Trinajstić information content (AvgIpc) is 2.89. The number of carbonyl (C=O) groups excluding carboxylic acids is 1. The van der Waals surface area contributed by atoms with Gasteiger partial charge < -0.3 is 4.90 Å². The van der Waals surface area contributed by atoms with Crippen LogP contribution in [-0.2, 0) is 0 Å². The summed E-state index contributed by atoms with van der Waals surface area (Å²) in [7, 11) is 0. The fourth-order valence-corrected chi connectivity index (χ4v) is 5.19. The normalized spacial score (nSPS) is 12.1. The lowest BCUT2D eigenvalue weighted by Crippen LogP contribution is -2.40. The molecule has 1 unspecified atom stereocenters. The van der Waals surface area contributed by atoms with E-state index in [1.54, 1.807) is 45.9 Å². The number of amides is 1. The molecule has 0 saturated heterocycles. The summed E-state index contributed by atoms with van der Waals surface area (Å²) in [4.78, 5) is 45.2. The number of hydrogen-bond donors (Lipinski definition) is 0. The summed E-state index contributed by atoms with van der Waals surface area (Å²) in [5, 5.41) is 12.2. The van der Waals surface area contributed by atoms with Crippen LogP contribution in [0.25, 0.3) is 16.6 Å². The molecule has 39 heavy (non-hydrogen) atoms. The Bertz CT molecular complexity index is 1630. The summed E-state index contributed by atoms with van der Waals surface area (Å²) in [5.41, 5.74) is 1.58. The van der Waals surface area contributed by atoms with E-state index in [4.69, 9.17) is 28.2 Å². The van der Waals surface area contributed by atoms with Gasteiger partial charge >= 0.3 is 0 Å². The second-order valence-corrected chi connectivity index (χ2v) is 10.6. The van der Waals surface area contributed by atoms with Crippen molar-refractivity contribution in [2.75, 3.05) is 6.54 Å². The minimum absolute atomic E-state index is 0.0183. The minimum Gasteiger partial charge on any atom is -0.328 e. The second-order valence-electron chi connectivity index (χ2n) is 9.76. The highest BCUT2D eigenvalue weighted by molar-refractivity contribution is 6.34. The Labute approximate surface area is 236 Å². The minimum atomic E-state index is -0.612. The van der Waals surface area contributed by atoms with Gasteiger partial charge in [0.05, 0.1) is 38.1 Å². The number of nitro groups is 1. The summed E-state index contributed by atoms with van der Waals surface area (Å²) in [5.74, 6) is 0.0635. The van der Waals surface area contributed by atoms with Gasteiger partial charge in [0.15, 0.2) is 0 Å². The smallest absolute Gasteiger partial charge is 0.270 e. The van der Waals surface area contributed by atoms with Crippen LogP contribution in [0.4, 0.5) is 5.69 Å². The van der Waals surface area contributed by atoms with Gasteiger partial charge in [0.2, 0.25) is 0 Å². The summed E-state index contributed by atoms with van der Waals surface area (Å²) >= 11 is 12.6. The first-order chi connectivity index (χ1) is 18.5. The first kappa shape index (κ1) is 28.3. The Morgan fingerprint density at radius 3 is 2.44 bits per heavy atom. The summed E-state index contributed by atoms with van der Waals surface area (Å²) in [6, 6.07) is 15.5. The molecule has 0 spiro atoms. The number of nitrogens with zero attached hydrogens (tertiary/aromatic N) is 4. The number of non-ortho nitro benzene ring substituents is 1. The van der Waals surface area contributed by atoms with Crippen molar-refractivity contribution in [2.45, 2.75) is 40.2 Å². The standard InChI is InChI=1S/C29H28Cl2N4O4/c1-5-25(33(16-17(2)3)28(36)21-12-11-20(35(38)39)15-23(21)31)27-32-24-9-7-6-8-22(24)29(37)34(27)26-13-10-19(30)14-18(26)4/h6-15,17,25H,5,16H2,1-4H3. The number of aromatic nitrogens is 2. The van der Waals surface area contributed by atoms with Crippen LogP contribution in [0.3, 0.4) is 0 Å². The van der Waals surface area contributed by atoms with Gasteiger partial charge in [-0.1, -0.05) is 56.1 Å². The van der Waals surface area contributed by atoms with Crippen LogP contribution in [0.1, 0.15) is 55.0 Å². The molecule has 10 heteroatoms. The molecule has 8 nitrogen and oxygen atoms in total. The SMILES string of the molecule is CCC(c1nc2ccccc2c(=O)n1-c1ccc(Cl)cc1C)N(CC(C)C)C(=O)c1ccc([N+](=O)[O-])cc1Cl. The van der Waals surface area contributed by atoms with Crippen LogP contribution < -0.4 is 5.56 Å². The molecule has 0 aliphatic rings. The van der Waals surface area contributed by atoms with Crippen molar-refractivity contribution in [2.24, 2.45) is 5.92 Å². The van der Waals surface area contributed by atoms with Crippen LogP contribution in [0, 0.1) is 23.0 Å². The molecule has 202 valence electrons. The summed E-state index contributed by atoms with van der Waals surface area (Å²) in [6.07, 6.45) is 0.445. The molecule has 0 bridgehead atoms. The number of aryl methyl sites for hydroxylation is 1. The Balaban J connectivity index is 1.97. The topological polar surface area (TPSA) is 98.3 Å².